The van der Waals surface area contributed by atoms with Crippen LogP contribution in [0.1, 0.15) is 29.5 Å². The fourth-order valence-electron chi connectivity index (χ4n) is 3.56. The Kier molecular flexibility index (Phi) is 3.64. The van der Waals surface area contributed by atoms with Crippen molar-refractivity contribution in [1.29, 1.82) is 0 Å². The number of nitrogens with zero attached hydrogens (tertiary/aromatic N) is 6. The van der Waals surface area contributed by atoms with Crippen molar-refractivity contribution in [2.45, 2.75) is 31.0 Å². The van der Waals surface area contributed by atoms with Gasteiger partial charge in [0.15, 0.2) is 10.8 Å². The number of hydrogen-bond donors (Lipinski definition) is 0. The lowest BCUT2D eigenvalue weighted by Crippen LogP contribution is -2.18. The van der Waals surface area contributed by atoms with Crippen LogP contribution in [0.25, 0.3) is 16.6 Å². The van der Waals surface area contributed by atoms with E-state index >= 15 is 0 Å². The molecule has 1 aliphatic rings. The van der Waals surface area contributed by atoms with E-state index in [-0.39, 0.29) is 17.0 Å². The van der Waals surface area contributed by atoms with Crippen molar-refractivity contribution in [2.75, 3.05) is 0 Å². The van der Waals surface area contributed by atoms with Crippen LogP contribution >= 0.6 is 11.6 Å². The van der Waals surface area contributed by atoms with Crippen LogP contribution in [0.5, 0.6) is 0 Å². The lowest BCUT2D eigenvalue weighted by molar-refractivity contribution is -0.141. The molecule has 0 aromatic carbocycles. The maximum atomic E-state index is 13.8. The number of pyridine rings is 1. The molecule has 4 aromatic heterocycles. The van der Waals surface area contributed by atoms with Crippen molar-refractivity contribution < 1.29 is 17.6 Å². The SMILES string of the molecule is Fc1cnc2c([C@@H]3CC3c3cc4c(cn3)cnn4CC(F)(F)F)cc(Cl)nn12. The lowest BCUT2D eigenvalue weighted by Gasteiger charge is -2.08. The molecule has 1 fully saturated rings. The molecule has 144 valence electrons. The molecule has 2 atom stereocenters. The Labute approximate surface area is 159 Å². The van der Waals surface area contributed by atoms with Gasteiger partial charge in [0.2, 0.25) is 5.95 Å². The van der Waals surface area contributed by atoms with Gasteiger partial charge in [-0.1, -0.05) is 11.6 Å². The van der Waals surface area contributed by atoms with Gasteiger partial charge in [-0.25, -0.2) is 4.98 Å². The monoisotopic (exact) mass is 410 g/mol. The third-order valence-electron chi connectivity index (χ3n) is 4.87. The summed E-state index contributed by atoms with van der Waals surface area (Å²) in [7, 11) is 0. The summed E-state index contributed by atoms with van der Waals surface area (Å²) in [5, 5.41) is 8.38. The first-order valence-corrected chi connectivity index (χ1v) is 8.76. The maximum absolute atomic E-state index is 13.8. The van der Waals surface area contributed by atoms with E-state index in [4.69, 9.17) is 11.6 Å². The van der Waals surface area contributed by atoms with Crippen molar-refractivity contribution in [3.05, 3.63) is 53.1 Å². The highest BCUT2D eigenvalue weighted by molar-refractivity contribution is 6.29. The Bertz CT molecular complexity index is 1210. The highest BCUT2D eigenvalue weighted by Crippen LogP contribution is 2.55. The van der Waals surface area contributed by atoms with Gasteiger partial charge in [0.1, 0.15) is 6.54 Å². The minimum atomic E-state index is -4.37. The molecule has 4 aromatic rings. The number of halogens is 5. The molecule has 0 saturated heterocycles. The summed E-state index contributed by atoms with van der Waals surface area (Å²) < 4.78 is 54.0. The summed E-state index contributed by atoms with van der Waals surface area (Å²) in [6.45, 7) is -1.16. The average Bonchev–Trinajstić information content (AvgIpc) is 3.22. The summed E-state index contributed by atoms with van der Waals surface area (Å²) in [5.41, 5.74) is 2.13. The Morgan fingerprint density at radius 1 is 1.11 bits per heavy atom. The van der Waals surface area contributed by atoms with E-state index in [0.717, 1.165) is 21.0 Å². The van der Waals surface area contributed by atoms with Crippen molar-refractivity contribution in [2.24, 2.45) is 0 Å². The molecule has 4 heterocycles. The first-order valence-electron chi connectivity index (χ1n) is 8.38. The molecule has 11 heteroatoms. The Hall–Kier alpha value is -2.75. The maximum Gasteiger partial charge on any atom is 0.408 e. The summed E-state index contributed by atoms with van der Waals surface area (Å²) in [5.74, 6) is -0.666. The van der Waals surface area contributed by atoms with Gasteiger partial charge in [-0.3, -0.25) is 9.67 Å². The molecule has 1 unspecified atom stereocenters. The predicted octanol–water partition coefficient (Wildman–Crippen LogP) is 4.10. The quantitative estimate of drug-likeness (QED) is 0.477. The lowest BCUT2D eigenvalue weighted by atomic mass is 10.1. The molecule has 1 saturated carbocycles. The Morgan fingerprint density at radius 2 is 1.93 bits per heavy atom. The van der Waals surface area contributed by atoms with E-state index in [9.17, 15) is 17.6 Å². The molecule has 0 N–H and O–H groups in total. The van der Waals surface area contributed by atoms with Gasteiger partial charge in [0.25, 0.3) is 0 Å². The van der Waals surface area contributed by atoms with Gasteiger partial charge in [0, 0.05) is 28.8 Å². The number of rotatable bonds is 3. The third-order valence-corrected chi connectivity index (χ3v) is 5.06. The zero-order valence-electron chi connectivity index (χ0n) is 14.0. The van der Waals surface area contributed by atoms with Crippen molar-refractivity contribution >= 4 is 28.2 Å². The van der Waals surface area contributed by atoms with Crippen LogP contribution in [-0.4, -0.2) is 35.5 Å². The minimum Gasteiger partial charge on any atom is -0.260 e. The summed E-state index contributed by atoms with van der Waals surface area (Å²) in [4.78, 5) is 8.43. The van der Waals surface area contributed by atoms with Gasteiger partial charge in [-0.2, -0.15) is 32.3 Å². The molecule has 5 rings (SSSR count). The van der Waals surface area contributed by atoms with Crippen LogP contribution in [0.4, 0.5) is 17.6 Å². The van der Waals surface area contributed by atoms with Crippen LogP contribution in [0.2, 0.25) is 5.15 Å². The summed E-state index contributed by atoms with van der Waals surface area (Å²) in [6.07, 6.45) is 0.288. The summed E-state index contributed by atoms with van der Waals surface area (Å²) >= 11 is 6.00. The largest absolute Gasteiger partial charge is 0.408 e. The Morgan fingerprint density at radius 3 is 2.71 bits per heavy atom. The first kappa shape index (κ1) is 17.4. The smallest absolute Gasteiger partial charge is 0.260 e. The highest BCUT2D eigenvalue weighted by atomic mass is 35.5. The third kappa shape index (κ3) is 2.88. The first-order chi connectivity index (χ1) is 13.3. The fraction of sp³-hybridized carbons (Fsp3) is 0.294. The van der Waals surface area contributed by atoms with Gasteiger partial charge in [-0.05, 0) is 24.5 Å². The molecule has 0 bridgehead atoms. The van der Waals surface area contributed by atoms with E-state index < -0.39 is 18.7 Å². The molecule has 1 aliphatic carbocycles. The van der Waals surface area contributed by atoms with Gasteiger partial charge in [-0.15, -0.1) is 0 Å². The van der Waals surface area contributed by atoms with Crippen LogP contribution in [0, 0.1) is 5.95 Å². The van der Waals surface area contributed by atoms with Crippen LogP contribution in [0.15, 0.2) is 30.7 Å². The van der Waals surface area contributed by atoms with E-state index in [0.29, 0.717) is 28.7 Å². The van der Waals surface area contributed by atoms with Crippen molar-refractivity contribution in [1.82, 2.24) is 29.4 Å². The van der Waals surface area contributed by atoms with Gasteiger partial charge < -0.3 is 0 Å². The zero-order chi connectivity index (χ0) is 19.6. The van der Waals surface area contributed by atoms with Crippen LogP contribution < -0.4 is 0 Å². The second-order valence-corrected chi connectivity index (χ2v) is 7.16. The molecule has 0 amide bonds. The number of imidazole rings is 1. The van der Waals surface area contributed by atoms with Crippen LogP contribution in [0.3, 0.4) is 0 Å². The second kappa shape index (κ2) is 5.87. The van der Waals surface area contributed by atoms with E-state index in [1.807, 2.05) is 0 Å². The van der Waals surface area contributed by atoms with E-state index in [1.165, 1.54) is 12.4 Å². The standard InChI is InChI=1S/C17H11ClF4N6/c18-14-2-11(16-24-6-15(19)28(16)26-14)9-1-10(9)12-3-13-8(4-23-12)5-25-27(13)7-17(20,21)22/h2-6,9-10H,1,7H2/t9-,10?/m1/s1. The van der Waals surface area contributed by atoms with Gasteiger partial charge in [0.05, 0.1) is 17.9 Å². The number of hydrogen-bond acceptors (Lipinski definition) is 4. The number of aromatic nitrogens is 6. The molecule has 0 radical (unpaired) electrons. The molecule has 0 spiro atoms. The molecular weight excluding hydrogens is 400 g/mol. The molecule has 6 nitrogen and oxygen atoms in total. The normalized spacial score (nSPS) is 19.6. The van der Waals surface area contributed by atoms with E-state index in [1.54, 1.807) is 12.1 Å². The van der Waals surface area contributed by atoms with Gasteiger partial charge >= 0.3 is 6.18 Å². The average molecular weight is 411 g/mol. The topological polar surface area (TPSA) is 60.9 Å². The van der Waals surface area contributed by atoms with Crippen LogP contribution in [-0.2, 0) is 6.54 Å². The Balaban J connectivity index is 1.51. The molecule has 28 heavy (non-hydrogen) atoms. The number of fused-ring (bicyclic) bond motifs is 2. The minimum absolute atomic E-state index is 0.0197. The summed E-state index contributed by atoms with van der Waals surface area (Å²) in [6, 6.07) is 3.27. The molecular formula is C17H11ClF4N6. The number of alkyl halides is 3. The predicted molar refractivity (Wildman–Crippen MR) is 91.6 cm³/mol. The molecule has 0 aliphatic heterocycles. The second-order valence-electron chi connectivity index (χ2n) is 6.77. The fourth-order valence-corrected chi connectivity index (χ4v) is 3.75. The highest BCUT2D eigenvalue weighted by Gasteiger charge is 2.43. The van der Waals surface area contributed by atoms with E-state index in [2.05, 4.69) is 20.2 Å². The van der Waals surface area contributed by atoms with Crippen molar-refractivity contribution in [3.63, 3.8) is 0 Å². The van der Waals surface area contributed by atoms with Crippen molar-refractivity contribution in [3.8, 4) is 0 Å². The zero-order valence-corrected chi connectivity index (χ0v) is 14.8.